The van der Waals surface area contributed by atoms with Gasteiger partial charge in [-0.3, -0.25) is 24.6 Å². The summed E-state index contributed by atoms with van der Waals surface area (Å²) < 4.78 is 0.839. The minimum Gasteiger partial charge on any atom is -0.298 e. The number of nitrogens with zero attached hydrogens (tertiary/aromatic N) is 3. The molecule has 1 N–H and O–H groups in total. The highest BCUT2D eigenvalue weighted by Crippen LogP contribution is 2.27. The summed E-state index contributed by atoms with van der Waals surface area (Å²) in [5, 5.41) is 8.09. The first-order valence-electron chi connectivity index (χ1n) is 8.98. The number of carbonyl (C=O) groups excluding carboxylic acids is 3. The van der Waals surface area contributed by atoms with Gasteiger partial charge in [-0.2, -0.15) is 10.1 Å². The molecule has 0 saturated carbocycles. The molecule has 2 aromatic carbocycles. The molecule has 3 amide bonds. The lowest BCUT2D eigenvalue weighted by Gasteiger charge is -2.29. The van der Waals surface area contributed by atoms with Crippen LogP contribution in [0.4, 0.5) is 11.4 Å². The van der Waals surface area contributed by atoms with E-state index in [4.69, 9.17) is 12.2 Å². The Labute approximate surface area is 186 Å². The number of hydrazone groups is 1. The van der Waals surface area contributed by atoms with Crippen LogP contribution >= 0.6 is 28.1 Å². The van der Waals surface area contributed by atoms with Crippen LogP contribution in [0.1, 0.15) is 6.92 Å². The number of carbonyl (C=O) groups is 3. The minimum absolute atomic E-state index is 0.0153. The predicted molar refractivity (Wildman–Crippen MR) is 121 cm³/mol. The molecule has 2 aliphatic heterocycles. The maximum Gasteiger partial charge on any atom is 0.269 e. The number of amides is 3. The fourth-order valence-corrected chi connectivity index (χ4v) is 3.74. The van der Waals surface area contributed by atoms with Crippen LogP contribution in [0.5, 0.6) is 0 Å². The van der Waals surface area contributed by atoms with E-state index in [2.05, 4.69) is 26.3 Å². The average molecular weight is 483 g/mol. The number of hydrogen-bond acceptors (Lipinski definition) is 5. The van der Waals surface area contributed by atoms with Crippen LogP contribution in [-0.4, -0.2) is 28.5 Å². The Kier molecular flexibility index (Phi) is 5.31. The summed E-state index contributed by atoms with van der Waals surface area (Å²) >= 11 is 8.54. The Bertz CT molecular complexity index is 1130. The Morgan fingerprint density at radius 3 is 2.37 bits per heavy atom. The van der Waals surface area contributed by atoms with E-state index in [9.17, 15) is 14.4 Å². The molecule has 7 nitrogen and oxygen atoms in total. The molecule has 0 spiro atoms. The van der Waals surface area contributed by atoms with E-state index >= 15 is 0 Å². The fraction of sp³-hybridized carbons (Fsp3) is 0.0952. The number of hydrogen-bond donors (Lipinski definition) is 1. The van der Waals surface area contributed by atoms with Crippen LogP contribution in [0.2, 0.25) is 0 Å². The third-order valence-electron chi connectivity index (χ3n) is 4.70. The van der Waals surface area contributed by atoms with E-state index in [1.54, 1.807) is 55.5 Å². The third kappa shape index (κ3) is 3.57. The molecule has 9 heteroatoms. The maximum atomic E-state index is 13.1. The zero-order valence-electron chi connectivity index (χ0n) is 15.7. The molecular formula is C21H15BrN4O3S. The van der Waals surface area contributed by atoms with Gasteiger partial charge in [0.2, 0.25) is 0 Å². The third-order valence-corrected chi connectivity index (χ3v) is 5.52. The molecule has 1 fully saturated rings. The molecule has 0 aliphatic carbocycles. The van der Waals surface area contributed by atoms with Crippen molar-refractivity contribution in [1.82, 2.24) is 5.32 Å². The predicted octanol–water partition coefficient (Wildman–Crippen LogP) is 3.16. The summed E-state index contributed by atoms with van der Waals surface area (Å²) in [6, 6.07) is 15.9. The van der Waals surface area contributed by atoms with Crippen molar-refractivity contribution >= 4 is 68.1 Å². The van der Waals surface area contributed by atoms with Gasteiger partial charge >= 0.3 is 0 Å². The molecule has 2 heterocycles. The average Bonchev–Trinajstić information content (AvgIpc) is 3.01. The summed E-state index contributed by atoms with van der Waals surface area (Å²) in [6.07, 6.45) is 1.36. The minimum atomic E-state index is -0.826. The van der Waals surface area contributed by atoms with Crippen molar-refractivity contribution in [2.75, 3.05) is 9.91 Å². The second-order valence-electron chi connectivity index (χ2n) is 6.66. The van der Waals surface area contributed by atoms with Crippen molar-refractivity contribution in [3.05, 3.63) is 70.7 Å². The lowest BCUT2D eigenvalue weighted by molar-refractivity contribution is -0.122. The summed E-state index contributed by atoms with van der Waals surface area (Å²) in [6.45, 7) is 1.69. The van der Waals surface area contributed by atoms with Crippen LogP contribution in [0.15, 0.2) is 75.8 Å². The maximum absolute atomic E-state index is 13.1. The van der Waals surface area contributed by atoms with Gasteiger partial charge in [-0.25, -0.2) is 0 Å². The normalized spacial score (nSPS) is 20.7. The highest BCUT2D eigenvalue weighted by Gasteiger charge is 2.39. The molecule has 0 radical (unpaired) electrons. The van der Waals surface area contributed by atoms with Gasteiger partial charge < -0.3 is 0 Å². The Balaban J connectivity index is 1.67. The van der Waals surface area contributed by atoms with Gasteiger partial charge in [0.15, 0.2) is 5.11 Å². The number of benzene rings is 2. The van der Waals surface area contributed by atoms with Gasteiger partial charge in [0.25, 0.3) is 17.7 Å². The molecule has 4 rings (SSSR count). The number of rotatable bonds is 3. The first-order chi connectivity index (χ1) is 14.4. The summed E-state index contributed by atoms with van der Waals surface area (Å²) in [5.74, 6) is -2.40. The molecule has 2 aliphatic rings. The van der Waals surface area contributed by atoms with Crippen LogP contribution < -0.4 is 15.2 Å². The first kappa shape index (κ1) is 20.1. The second-order valence-corrected chi connectivity index (χ2v) is 7.96. The van der Waals surface area contributed by atoms with Crippen LogP contribution in [0.3, 0.4) is 0 Å². The number of halogens is 1. The number of thiocarbonyl (C=S) groups is 1. The Morgan fingerprint density at radius 1 is 1.03 bits per heavy atom. The van der Waals surface area contributed by atoms with Crippen LogP contribution in [-0.2, 0) is 14.4 Å². The van der Waals surface area contributed by atoms with Crippen molar-refractivity contribution in [1.29, 1.82) is 0 Å². The number of anilines is 2. The quantitative estimate of drug-likeness (QED) is 0.413. The van der Waals surface area contributed by atoms with E-state index in [0.717, 1.165) is 4.47 Å². The molecule has 0 bridgehead atoms. The van der Waals surface area contributed by atoms with Crippen molar-refractivity contribution in [3.8, 4) is 0 Å². The SMILES string of the molecule is CC1=NN(c2ccccc2)C(=O)C1C=C1C(=O)NC(=S)N(c2ccc(Br)cc2)C1=O. The molecule has 1 saturated heterocycles. The summed E-state index contributed by atoms with van der Waals surface area (Å²) in [4.78, 5) is 39.8. The molecule has 150 valence electrons. The first-order valence-corrected chi connectivity index (χ1v) is 10.2. The van der Waals surface area contributed by atoms with Gasteiger partial charge in [-0.05, 0) is 61.6 Å². The highest BCUT2D eigenvalue weighted by molar-refractivity contribution is 9.10. The number of nitrogens with one attached hydrogen (secondary N) is 1. The topological polar surface area (TPSA) is 82.1 Å². The van der Waals surface area contributed by atoms with E-state index < -0.39 is 17.7 Å². The van der Waals surface area contributed by atoms with Gasteiger partial charge in [0.05, 0.1) is 23.0 Å². The van der Waals surface area contributed by atoms with Gasteiger partial charge in [-0.1, -0.05) is 34.1 Å². The van der Waals surface area contributed by atoms with Gasteiger partial charge in [0.1, 0.15) is 5.57 Å². The lowest BCUT2D eigenvalue weighted by Crippen LogP contribution is -2.54. The zero-order chi connectivity index (χ0) is 21.4. The van der Waals surface area contributed by atoms with Crippen molar-refractivity contribution < 1.29 is 14.4 Å². The Morgan fingerprint density at radius 2 is 1.70 bits per heavy atom. The molecule has 1 unspecified atom stereocenters. The Hall–Kier alpha value is -3.17. The lowest BCUT2D eigenvalue weighted by atomic mass is 9.98. The van der Waals surface area contributed by atoms with Crippen molar-refractivity contribution in [2.45, 2.75) is 6.92 Å². The molecule has 1 atom stereocenters. The standard InChI is InChI=1S/C21H15BrN4O3S/c1-12-16(20(29)26(24-12)15-5-3-2-4-6-15)11-17-18(27)23-21(30)25(19(17)28)14-9-7-13(22)8-10-14/h2-11,16H,1H3,(H,23,27,30). The smallest absolute Gasteiger partial charge is 0.269 e. The molecule has 0 aromatic heterocycles. The molecule has 30 heavy (non-hydrogen) atoms. The molecule has 2 aromatic rings. The molecular weight excluding hydrogens is 468 g/mol. The van der Waals surface area contributed by atoms with Crippen molar-refractivity contribution in [2.24, 2.45) is 11.0 Å². The zero-order valence-corrected chi connectivity index (χ0v) is 18.1. The monoisotopic (exact) mass is 482 g/mol. The van der Waals surface area contributed by atoms with Crippen LogP contribution in [0, 0.1) is 5.92 Å². The van der Waals surface area contributed by atoms with Gasteiger partial charge in [-0.15, -0.1) is 0 Å². The van der Waals surface area contributed by atoms with E-state index in [0.29, 0.717) is 17.1 Å². The van der Waals surface area contributed by atoms with Gasteiger partial charge in [0, 0.05) is 4.47 Å². The highest BCUT2D eigenvalue weighted by atomic mass is 79.9. The largest absolute Gasteiger partial charge is 0.298 e. The van der Waals surface area contributed by atoms with E-state index in [1.165, 1.54) is 16.0 Å². The summed E-state index contributed by atoms with van der Waals surface area (Å²) in [5.41, 5.74) is 1.45. The number of para-hydroxylation sites is 1. The van der Waals surface area contributed by atoms with E-state index in [-0.39, 0.29) is 16.6 Å². The van der Waals surface area contributed by atoms with Crippen LogP contribution in [0.25, 0.3) is 0 Å². The van der Waals surface area contributed by atoms with E-state index in [1.807, 2.05) is 6.07 Å². The fourth-order valence-electron chi connectivity index (χ4n) is 3.19. The summed E-state index contributed by atoms with van der Waals surface area (Å²) in [7, 11) is 0. The second kappa shape index (κ2) is 7.92. The van der Waals surface area contributed by atoms with Crippen molar-refractivity contribution in [3.63, 3.8) is 0 Å².